The van der Waals surface area contributed by atoms with Crippen molar-refractivity contribution in [3.8, 4) is 11.6 Å². The number of aromatic nitrogens is 6. The van der Waals surface area contributed by atoms with Crippen molar-refractivity contribution in [1.82, 2.24) is 34.8 Å². The smallest absolute Gasteiger partial charge is 0.312 e. The molecule has 1 aliphatic rings. The first-order valence-electron chi connectivity index (χ1n) is 9.93. The number of aromatic amines is 1. The summed E-state index contributed by atoms with van der Waals surface area (Å²) >= 11 is 0. The van der Waals surface area contributed by atoms with Gasteiger partial charge in [-0.25, -0.2) is 9.37 Å². The molecule has 0 saturated heterocycles. The summed E-state index contributed by atoms with van der Waals surface area (Å²) in [5.41, 5.74) is 2.18. The fourth-order valence-electron chi connectivity index (χ4n) is 4.03. The van der Waals surface area contributed by atoms with Crippen LogP contribution in [0, 0.1) is 5.82 Å². The van der Waals surface area contributed by atoms with Gasteiger partial charge in [0.1, 0.15) is 17.3 Å². The molecule has 0 aliphatic carbocycles. The molecule has 0 saturated carbocycles. The molecule has 1 amide bonds. The lowest BCUT2D eigenvalue weighted by Gasteiger charge is -2.32. The van der Waals surface area contributed by atoms with Gasteiger partial charge in [-0.05, 0) is 18.2 Å². The Hall–Kier alpha value is -4.28. The molecule has 5 heterocycles. The summed E-state index contributed by atoms with van der Waals surface area (Å²) in [5, 5.41) is 12.4. The van der Waals surface area contributed by atoms with Gasteiger partial charge in [0.2, 0.25) is 0 Å². The number of halogens is 1. The maximum absolute atomic E-state index is 15.3. The third-order valence-corrected chi connectivity index (χ3v) is 5.53. The molecular formula is C21H16FN7O3. The number of nitrogens with zero attached hydrogens (tertiary/aromatic N) is 6. The number of hydrogen-bond donors (Lipinski definition) is 1. The quantitative estimate of drug-likeness (QED) is 0.465. The minimum Gasteiger partial charge on any atom is -0.455 e. The predicted octanol–water partition coefficient (Wildman–Crippen LogP) is 2.87. The van der Waals surface area contributed by atoms with Crippen molar-refractivity contribution in [1.29, 1.82) is 0 Å². The van der Waals surface area contributed by atoms with Crippen molar-refractivity contribution in [3.05, 3.63) is 71.7 Å². The lowest BCUT2D eigenvalue weighted by molar-refractivity contribution is 0.0628. The average Bonchev–Trinajstić information content (AvgIpc) is 3.59. The molecule has 1 atom stereocenters. The monoisotopic (exact) mass is 433 g/mol. The van der Waals surface area contributed by atoms with Crippen LogP contribution in [0.15, 0.2) is 51.7 Å². The number of aryl methyl sites for hydroxylation is 1. The number of carbonyl (C=O) groups is 1. The van der Waals surface area contributed by atoms with Crippen molar-refractivity contribution in [2.24, 2.45) is 7.05 Å². The molecule has 1 N–H and O–H groups in total. The van der Waals surface area contributed by atoms with Crippen molar-refractivity contribution in [3.63, 3.8) is 0 Å². The zero-order valence-electron chi connectivity index (χ0n) is 16.8. The molecule has 4 aromatic heterocycles. The van der Waals surface area contributed by atoms with E-state index in [1.54, 1.807) is 48.3 Å². The van der Waals surface area contributed by atoms with E-state index in [4.69, 9.17) is 8.83 Å². The number of benzene rings is 1. The van der Waals surface area contributed by atoms with Gasteiger partial charge in [-0.1, -0.05) is 12.1 Å². The van der Waals surface area contributed by atoms with Crippen LogP contribution in [0.1, 0.15) is 33.9 Å². The second-order valence-electron chi connectivity index (χ2n) is 7.48. The highest BCUT2D eigenvalue weighted by Gasteiger charge is 2.40. The summed E-state index contributed by atoms with van der Waals surface area (Å²) in [5.74, 6) is -1.15. The molecule has 1 aromatic carbocycles. The summed E-state index contributed by atoms with van der Waals surface area (Å²) in [4.78, 5) is 22.3. The van der Waals surface area contributed by atoms with Crippen LogP contribution in [-0.4, -0.2) is 47.3 Å². The van der Waals surface area contributed by atoms with E-state index in [0.29, 0.717) is 28.8 Å². The zero-order chi connectivity index (χ0) is 21.8. The molecule has 5 aromatic rings. The number of rotatable bonds is 3. The van der Waals surface area contributed by atoms with Gasteiger partial charge < -0.3 is 18.7 Å². The Balaban J connectivity index is 1.43. The highest BCUT2D eigenvalue weighted by molar-refractivity contribution is 5.90. The summed E-state index contributed by atoms with van der Waals surface area (Å²) in [6.07, 6.45) is 3.77. The third-order valence-electron chi connectivity index (χ3n) is 5.53. The summed E-state index contributed by atoms with van der Waals surface area (Å²) in [6, 6.07) is 7.62. The van der Waals surface area contributed by atoms with Crippen LogP contribution >= 0.6 is 0 Å². The summed E-state index contributed by atoms with van der Waals surface area (Å²) < 4.78 is 28.4. The van der Waals surface area contributed by atoms with E-state index in [1.807, 2.05) is 0 Å². The van der Waals surface area contributed by atoms with Crippen LogP contribution in [0.3, 0.4) is 0 Å². The molecule has 160 valence electrons. The molecule has 11 heteroatoms. The first-order valence-corrected chi connectivity index (χ1v) is 9.93. The number of para-hydroxylation sites is 1. The molecule has 1 aliphatic heterocycles. The van der Waals surface area contributed by atoms with E-state index < -0.39 is 17.8 Å². The minimum absolute atomic E-state index is 0.0112. The van der Waals surface area contributed by atoms with Crippen molar-refractivity contribution in [2.75, 3.05) is 6.54 Å². The number of amides is 1. The zero-order valence-corrected chi connectivity index (χ0v) is 16.8. The number of furan rings is 1. The SMILES string of the molecule is Cn1ccc(-c2nnc(C(=O)N3CCc4[nH]cnc4[C@@H]3c3oc4ccccc4c3F)o2)n1. The Morgan fingerprint density at radius 2 is 2.09 bits per heavy atom. The third kappa shape index (κ3) is 2.74. The first kappa shape index (κ1) is 18.5. The van der Waals surface area contributed by atoms with Gasteiger partial charge in [0.15, 0.2) is 11.6 Å². The molecule has 0 unspecified atom stereocenters. The van der Waals surface area contributed by atoms with E-state index in [2.05, 4.69) is 25.3 Å². The second-order valence-corrected chi connectivity index (χ2v) is 7.48. The fourth-order valence-corrected chi connectivity index (χ4v) is 4.03. The van der Waals surface area contributed by atoms with Gasteiger partial charge in [0.05, 0.1) is 17.4 Å². The van der Waals surface area contributed by atoms with Crippen LogP contribution in [0.5, 0.6) is 0 Å². The normalized spacial score (nSPS) is 15.9. The Labute approximate surface area is 179 Å². The number of fused-ring (bicyclic) bond motifs is 2. The predicted molar refractivity (Wildman–Crippen MR) is 108 cm³/mol. The maximum atomic E-state index is 15.3. The van der Waals surface area contributed by atoms with Crippen LogP contribution in [0.2, 0.25) is 0 Å². The van der Waals surface area contributed by atoms with Crippen molar-refractivity contribution in [2.45, 2.75) is 12.5 Å². The standard InChI is InChI=1S/C21H16FN7O3/c1-28-8-6-13(27-28)19-25-26-20(32-19)21(30)29-9-7-12-16(24-10-23-12)17(29)18-15(22)11-4-2-3-5-14(11)31-18/h2-6,8,10,17H,7,9H2,1H3,(H,23,24)/t17-/m1/s1. The van der Waals surface area contributed by atoms with Crippen molar-refractivity contribution >= 4 is 16.9 Å². The van der Waals surface area contributed by atoms with E-state index >= 15 is 4.39 Å². The Morgan fingerprint density at radius 1 is 1.22 bits per heavy atom. The number of H-pyrrole nitrogens is 1. The van der Waals surface area contributed by atoms with Gasteiger partial charge in [-0.3, -0.25) is 9.48 Å². The van der Waals surface area contributed by atoms with E-state index in [9.17, 15) is 4.79 Å². The summed E-state index contributed by atoms with van der Waals surface area (Å²) in [6.45, 7) is 0.288. The Morgan fingerprint density at radius 3 is 2.91 bits per heavy atom. The Kier molecular flexibility index (Phi) is 3.97. The number of carbonyl (C=O) groups excluding carboxylic acids is 1. The topological polar surface area (TPSA) is 119 Å². The van der Waals surface area contributed by atoms with E-state index in [0.717, 1.165) is 5.69 Å². The molecule has 0 bridgehead atoms. The second kappa shape index (κ2) is 6.87. The van der Waals surface area contributed by atoms with E-state index in [1.165, 1.54) is 11.2 Å². The van der Waals surface area contributed by atoms with Crippen LogP contribution < -0.4 is 0 Å². The van der Waals surface area contributed by atoms with Crippen LogP contribution in [-0.2, 0) is 13.5 Å². The van der Waals surface area contributed by atoms with E-state index in [-0.39, 0.29) is 24.1 Å². The molecule has 6 rings (SSSR count). The molecule has 0 radical (unpaired) electrons. The number of imidazole rings is 1. The molecule has 32 heavy (non-hydrogen) atoms. The molecule has 0 spiro atoms. The fraction of sp³-hybridized carbons (Fsp3) is 0.190. The van der Waals surface area contributed by atoms with Gasteiger partial charge in [0, 0.05) is 31.9 Å². The molecule has 0 fully saturated rings. The van der Waals surface area contributed by atoms with Gasteiger partial charge in [0.25, 0.3) is 5.89 Å². The first-order chi connectivity index (χ1) is 15.6. The molecular weight excluding hydrogens is 417 g/mol. The van der Waals surface area contributed by atoms with Crippen LogP contribution in [0.4, 0.5) is 4.39 Å². The van der Waals surface area contributed by atoms with Crippen molar-refractivity contribution < 1.29 is 18.0 Å². The number of nitrogens with one attached hydrogen (secondary N) is 1. The lowest BCUT2D eigenvalue weighted by Crippen LogP contribution is -2.41. The maximum Gasteiger partial charge on any atom is 0.312 e. The minimum atomic E-state index is -0.880. The van der Waals surface area contributed by atoms with Gasteiger partial charge >= 0.3 is 11.8 Å². The molecule has 10 nitrogen and oxygen atoms in total. The highest BCUT2D eigenvalue weighted by Crippen LogP contribution is 2.39. The lowest BCUT2D eigenvalue weighted by atomic mass is 9.99. The van der Waals surface area contributed by atoms with Crippen LogP contribution in [0.25, 0.3) is 22.6 Å². The average molecular weight is 433 g/mol. The van der Waals surface area contributed by atoms with Gasteiger partial charge in [-0.2, -0.15) is 5.10 Å². The van der Waals surface area contributed by atoms with Gasteiger partial charge in [-0.15, -0.1) is 10.2 Å². The summed E-state index contributed by atoms with van der Waals surface area (Å²) in [7, 11) is 1.76. The largest absolute Gasteiger partial charge is 0.455 e. The number of hydrogen-bond acceptors (Lipinski definition) is 7. The highest BCUT2D eigenvalue weighted by atomic mass is 19.1. The Bertz CT molecular complexity index is 1460.